The third-order valence-electron chi connectivity index (χ3n) is 1.74. The average molecular weight is 213 g/mol. The van der Waals surface area contributed by atoms with Gasteiger partial charge in [-0.2, -0.15) is 0 Å². The zero-order valence-corrected chi connectivity index (χ0v) is 8.72. The fourth-order valence-electron chi connectivity index (χ4n) is 1.06. The molecule has 0 aromatic carbocycles. The molecule has 4 heteroatoms. The van der Waals surface area contributed by atoms with Gasteiger partial charge < -0.3 is 19.3 Å². The summed E-state index contributed by atoms with van der Waals surface area (Å²) < 4.78 is 15.6. The Kier molecular flexibility index (Phi) is 7.83. The molecule has 5 radical (unpaired) electrons. The minimum atomic E-state index is 0.0557. The summed E-state index contributed by atoms with van der Waals surface area (Å²) in [6.07, 6.45) is 8.54. The van der Waals surface area contributed by atoms with Crippen molar-refractivity contribution in [1.29, 1.82) is 0 Å². The van der Waals surface area contributed by atoms with Gasteiger partial charge in [-0.3, -0.25) is 0 Å². The van der Waals surface area contributed by atoms with Crippen LogP contribution < -0.4 is 0 Å². The zero-order valence-electron chi connectivity index (χ0n) is 8.72. The number of aliphatic hydroxyl groups is 1. The summed E-state index contributed by atoms with van der Waals surface area (Å²) in [6.45, 7) is 2.56. The summed E-state index contributed by atoms with van der Waals surface area (Å²) in [5.74, 6) is 0. The van der Waals surface area contributed by atoms with Crippen LogP contribution in [0.3, 0.4) is 0 Å². The molecule has 1 aliphatic rings. The first kappa shape index (κ1) is 12.9. The minimum absolute atomic E-state index is 0.0557. The normalized spacial score (nSPS) is 17.4. The Balaban J connectivity index is 1.73. The topological polar surface area (TPSA) is 47.9 Å². The van der Waals surface area contributed by atoms with Crippen LogP contribution in [0.1, 0.15) is 0 Å². The van der Waals surface area contributed by atoms with Gasteiger partial charge in [0.25, 0.3) is 0 Å². The van der Waals surface area contributed by atoms with Gasteiger partial charge in [0.05, 0.1) is 39.6 Å². The van der Waals surface area contributed by atoms with Crippen molar-refractivity contribution in [2.75, 3.05) is 39.6 Å². The predicted molar refractivity (Wildman–Crippen MR) is 55.1 cm³/mol. The highest BCUT2D eigenvalue weighted by Gasteiger charge is 2.17. The maximum atomic E-state index is 8.43. The lowest BCUT2D eigenvalue weighted by Crippen LogP contribution is -2.12. The van der Waals surface area contributed by atoms with E-state index in [1.165, 1.54) is 0 Å². The van der Waals surface area contributed by atoms with Gasteiger partial charge in [0, 0.05) is 12.8 Å². The Hall–Kier alpha value is -0.160. The lowest BCUT2D eigenvalue weighted by atomic mass is 10.3. The van der Waals surface area contributed by atoms with E-state index in [4.69, 9.17) is 19.3 Å². The molecule has 1 saturated carbocycles. The molecule has 0 saturated heterocycles. The first-order valence-corrected chi connectivity index (χ1v) is 5.04. The van der Waals surface area contributed by atoms with Crippen LogP contribution >= 0.6 is 0 Å². The Morgan fingerprint density at radius 2 is 1.47 bits per heavy atom. The smallest absolute Gasteiger partial charge is 0.105 e. The number of ether oxygens (including phenoxy) is 3. The van der Waals surface area contributed by atoms with Gasteiger partial charge in [0.15, 0.2) is 0 Å². The van der Waals surface area contributed by atoms with Crippen LogP contribution in [0.4, 0.5) is 0 Å². The molecular formula is C11H17O4. The maximum Gasteiger partial charge on any atom is 0.105 e. The summed E-state index contributed by atoms with van der Waals surface area (Å²) in [5, 5.41) is 8.43. The Morgan fingerprint density at radius 3 is 2.13 bits per heavy atom. The van der Waals surface area contributed by atoms with Gasteiger partial charge in [0.2, 0.25) is 0 Å². The second-order valence-electron chi connectivity index (χ2n) is 2.92. The monoisotopic (exact) mass is 213 g/mol. The lowest BCUT2D eigenvalue weighted by molar-refractivity contribution is 0.0137. The van der Waals surface area contributed by atoms with Gasteiger partial charge in [-0.1, -0.05) is 0 Å². The molecule has 1 rings (SSSR count). The molecule has 0 aromatic rings. The Morgan fingerprint density at radius 1 is 0.867 bits per heavy atom. The van der Waals surface area contributed by atoms with Crippen LogP contribution in [-0.2, 0) is 14.2 Å². The summed E-state index contributed by atoms with van der Waals surface area (Å²) in [5.41, 5.74) is 0. The minimum Gasteiger partial charge on any atom is -0.394 e. The molecule has 0 bridgehead atoms. The molecular weight excluding hydrogens is 196 g/mol. The lowest BCUT2D eigenvalue weighted by Gasteiger charge is -2.09. The first-order valence-electron chi connectivity index (χ1n) is 5.04. The average Bonchev–Trinajstić information content (AvgIpc) is 2.75. The van der Waals surface area contributed by atoms with E-state index in [2.05, 4.69) is 0 Å². The van der Waals surface area contributed by atoms with Crippen LogP contribution in [-0.4, -0.2) is 44.7 Å². The standard InChI is InChI=1S/C11H17O4/c12-5-6-13-7-8-14-9-10-15-11-3-1-2-4-11/h1-4,12H,5-10H2. The van der Waals surface area contributed by atoms with Gasteiger partial charge in [-0.25, -0.2) is 0 Å². The summed E-state index contributed by atoms with van der Waals surface area (Å²) in [7, 11) is 0. The van der Waals surface area contributed by atoms with Crippen LogP contribution in [0.25, 0.3) is 0 Å². The van der Waals surface area contributed by atoms with E-state index in [0.29, 0.717) is 33.0 Å². The highest BCUT2D eigenvalue weighted by molar-refractivity contribution is 5.31. The molecule has 0 aliphatic heterocycles. The Labute approximate surface area is 91.5 Å². The van der Waals surface area contributed by atoms with Gasteiger partial charge in [0.1, 0.15) is 6.10 Å². The second-order valence-corrected chi connectivity index (χ2v) is 2.92. The summed E-state index contributed by atoms with van der Waals surface area (Å²) >= 11 is 0. The third kappa shape index (κ3) is 6.84. The van der Waals surface area contributed by atoms with Crippen molar-refractivity contribution in [2.24, 2.45) is 0 Å². The zero-order chi connectivity index (χ0) is 10.8. The van der Waals surface area contributed by atoms with E-state index in [9.17, 15) is 0 Å². The molecule has 15 heavy (non-hydrogen) atoms. The van der Waals surface area contributed by atoms with E-state index in [1.807, 2.05) is 25.7 Å². The SMILES string of the molecule is OCCOCCOCCO[C]1[CH][CH][CH][CH]1. The largest absolute Gasteiger partial charge is 0.394 e. The molecule has 0 amide bonds. The predicted octanol–water partition coefficient (Wildman–Crippen LogP) is 0.391. The van der Waals surface area contributed by atoms with Crippen LogP contribution in [0.15, 0.2) is 0 Å². The van der Waals surface area contributed by atoms with E-state index >= 15 is 0 Å². The van der Waals surface area contributed by atoms with Crippen molar-refractivity contribution in [3.8, 4) is 0 Å². The summed E-state index contributed by atoms with van der Waals surface area (Å²) in [4.78, 5) is 0. The van der Waals surface area contributed by atoms with Crippen molar-refractivity contribution in [3.05, 3.63) is 31.8 Å². The van der Waals surface area contributed by atoms with E-state index in [-0.39, 0.29) is 6.61 Å². The molecule has 85 valence electrons. The molecule has 0 unspecified atom stereocenters. The van der Waals surface area contributed by atoms with Gasteiger partial charge in [-0.05, 0) is 12.8 Å². The molecule has 0 spiro atoms. The van der Waals surface area contributed by atoms with Crippen LogP contribution in [0.5, 0.6) is 0 Å². The highest BCUT2D eigenvalue weighted by atomic mass is 16.5. The fourth-order valence-corrected chi connectivity index (χ4v) is 1.06. The van der Waals surface area contributed by atoms with Crippen LogP contribution in [0, 0.1) is 31.8 Å². The second kappa shape index (κ2) is 9.09. The Bertz CT molecular complexity index is 135. The van der Waals surface area contributed by atoms with E-state index in [1.54, 1.807) is 0 Å². The maximum absolute atomic E-state index is 8.43. The molecule has 1 aliphatic carbocycles. The number of rotatable bonds is 9. The number of hydrogen-bond donors (Lipinski definition) is 1. The van der Waals surface area contributed by atoms with Crippen molar-refractivity contribution < 1.29 is 19.3 Å². The molecule has 0 aromatic heterocycles. The van der Waals surface area contributed by atoms with E-state index in [0.717, 1.165) is 6.10 Å². The first-order chi connectivity index (χ1) is 7.43. The number of hydrogen-bond acceptors (Lipinski definition) is 4. The molecule has 0 atom stereocenters. The third-order valence-corrected chi connectivity index (χ3v) is 1.74. The van der Waals surface area contributed by atoms with Gasteiger partial charge >= 0.3 is 0 Å². The fraction of sp³-hybridized carbons (Fsp3) is 0.545. The van der Waals surface area contributed by atoms with E-state index < -0.39 is 0 Å². The van der Waals surface area contributed by atoms with Crippen molar-refractivity contribution in [2.45, 2.75) is 0 Å². The van der Waals surface area contributed by atoms with Crippen LogP contribution in [0.2, 0.25) is 0 Å². The number of aliphatic hydroxyl groups excluding tert-OH is 1. The van der Waals surface area contributed by atoms with Crippen molar-refractivity contribution in [1.82, 2.24) is 0 Å². The highest BCUT2D eigenvalue weighted by Crippen LogP contribution is 2.23. The molecule has 1 N–H and O–H groups in total. The molecule has 1 fully saturated rings. The molecule has 0 heterocycles. The molecule has 4 nitrogen and oxygen atoms in total. The van der Waals surface area contributed by atoms with Crippen molar-refractivity contribution in [3.63, 3.8) is 0 Å². The van der Waals surface area contributed by atoms with Crippen molar-refractivity contribution >= 4 is 0 Å². The quantitative estimate of drug-likeness (QED) is 0.563. The summed E-state index contributed by atoms with van der Waals surface area (Å²) in [6, 6.07) is 0. The van der Waals surface area contributed by atoms with Gasteiger partial charge in [-0.15, -0.1) is 0 Å².